The molecule has 0 N–H and O–H groups in total. The molecule has 1 aromatic carbocycles. The number of benzene rings is 1. The zero-order valence-electron chi connectivity index (χ0n) is 13.2. The van der Waals surface area contributed by atoms with E-state index < -0.39 is 0 Å². The van der Waals surface area contributed by atoms with Gasteiger partial charge >= 0.3 is 5.97 Å². The van der Waals surface area contributed by atoms with Crippen LogP contribution in [0, 0.1) is 5.92 Å². The number of rotatable bonds is 9. The Kier molecular flexibility index (Phi) is 9.03. The molecule has 0 bridgehead atoms. The van der Waals surface area contributed by atoms with Crippen molar-refractivity contribution in [2.45, 2.75) is 49.2 Å². The normalized spacial score (nSPS) is 14.9. The monoisotopic (exact) mass is 430 g/mol. The van der Waals surface area contributed by atoms with Gasteiger partial charge in [-0.15, -0.1) is 0 Å². The molecule has 3 unspecified atom stereocenters. The van der Waals surface area contributed by atoms with Gasteiger partial charge in [0.05, 0.1) is 0 Å². The van der Waals surface area contributed by atoms with Crippen molar-refractivity contribution in [1.82, 2.24) is 0 Å². The lowest BCUT2D eigenvalue weighted by atomic mass is 9.90. The molecular weight excluding hydrogens is 408 g/mol. The zero-order chi connectivity index (χ0) is 16.5. The quantitative estimate of drug-likeness (QED) is 0.211. The number of carbonyl (C=O) groups is 1. The molecule has 0 aromatic heterocycles. The molecule has 0 fully saturated rings. The molecule has 3 atom stereocenters. The van der Waals surface area contributed by atoms with E-state index >= 15 is 0 Å². The lowest BCUT2D eigenvalue weighted by Gasteiger charge is -2.22. The third-order valence-electron chi connectivity index (χ3n) is 3.46. The minimum absolute atomic E-state index is 0.113. The molecule has 4 heteroatoms. The van der Waals surface area contributed by atoms with Crippen molar-refractivity contribution in [3.05, 3.63) is 42.5 Å². The molecule has 0 saturated heterocycles. The first kappa shape index (κ1) is 19.4. The summed E-state index contributed by atoms with van der Waals surface area (Å²) in [5.74, 6) is 0.338. The van der Waals surface area contributed by atoms with Gasteiger partial charge in [0.15, 0.2) is 0 Å². The van der Waals surface area contributed by atoms with Crippen LogP contribution in [0.3, 0.4) is 0 Å². The summed E-state index contributed by atoms with van der Waals surface area (Å²) in [6.45, 7) is 8.25. The van der Waals surface area contributed by atoms with Crippen molar-refractivity contribution < 1.29 is 9.53 Å². The average molecular weight is 432 g/mol. The largest absolute Gasteiger partial charge is 0.423 e. The smallest absolute Gasteiger partial charge is 0.339 e. The van der Waals surface area contributed by atoms with Gasteiger partial charge in [-0.2, -0.15) is 0 Å². The van der Waals surface area contributed by atoms with Gasteiger partial charge in [-0.25, -0.2) is 4.79 Å². The molecule has 0 saturated carbocycles. The first-order valence-electron chi connectivity index (χ1n) is 7.68. The second kappa shape index (κ2) is 10.2. The Balaban J connectivity index is 2.70. The van der Waals surface area contributed by atoms with Crippen LogP contribution in [0.2, 0.25) is 0 Å². The molecular formula is C18H24Br2O2. The fraction of sp³-hybridized carbons (Fsp3) is 0.500. The highest BCUT2D eigenvalue weighted by Gasteiger charge is 2.24. The molecule has 0 heterocycles. The Labute approximate surface area is 150 Å². The summed E-state index contributed by atoms with van der Waals surface area (Å²) >= 11 is 7.28. The minimum atomic E-state index is -0.333. The highest BCUT2D eigenvalue weighted by molar-refractivity contribution is 9.09. The maximum atomic E-state index is 12.3. The van der Waals surface area contributed by atoms with Gasteiger partial charge in [0.25, 0.3) is 0 Å². The summed E-state index contributed by atoms with van der Waals surface area (Å²) in [4.78, 5) is 13.1. The molecule has 22 heavy (non-hydrogen) atoms. The standard InChI is InChI=1S/C18H24Br2O2/c1-4-8-16(20)12-15(11-13(2)19)14(3)18(21)22-17-9-6-5-7-10-17/h5-7,9-10,13,15-16H,3-4,8,11-12H2,1-2H3. The first-order chi connectivity index (χ1) is 10.4. The Hall–Kier alpha value is -0.610. The number of ether oxygens (including phenoxy) is 1. The third-order valence-corrected chi connectivity index (χ3v) is 4.67. The molecule has 0 radical (unpaired) electrons. The Morgan fingerprint density at radius 3 is 2.41 bits per heavy atom. The average Bonchev–Trinajstić information content (AvgIpc) is 2.46. The molecule has 0 amide bonds. The predicted molar refractivity (Wildman–Crippen MR) is 100.0 cm³/mol. The molecule has 0 spiro atoms. The van der Waals surface area contributed by atoms with Gasteiger partial charge in [-0.1, -0.05) is 76.9 Å². The van der Waals surface area contributed by atoms with Gasteiger partial charge in [-0.3, -0.25) is 0 Å². The fourth-order valence-electron chi connectivity index (χ4n) is 2.34. The summed E-state index contributed by atoms with van der Waals surface area (Å²) in [6, 6.07) is 9.13. The fourth-order valence-corrected chi connectivity index (χ4v) is 3.70. The van der Waals surface area contributed by atoms with E-state index in [1.54, 1.807) is 12.1 Å². The van der Waals surface area contributed by atoms with E-state index in [0.717, 1.165) is 25.7 Å². The summed E-state index contributed by atoms with van der Waals surface area (Å²) in [7, 11) is 0. The van der Waals surface area contributed by atoms with Gasteiger partial charge in [0, 0.05) is 15.2 Å². The Morgan fingerprint density at radius 2 is 1.86 bits per heavy atom. The molecule has 122 valence electrons. The number of hydrogen-bond acceptors (Lipinski definition) is 2. The van der Waals surface area contributed by atoms with Crippen molar-refractivity contribution in [2.24, 2.45) is 5.92 Å². The van der Waals surface area contributed by atoms with Crippen LogP contribution in [0.4, 0.5) is 0 Å². The van der Waals surface area contributed by atoms with Crippen molar-refractivity contribution in [2.75, 3.05) is 0 Å². The Morgan fingerprint density at radius 1 is 1.23 bits per heavy atom. The van der Waals surface area contributed by atoms with E-state index in [4.69, 9.17) is 4.74 Å². The van der Waals surface area contributed by atoms with E-state index in [2.05, 4.69) is 52.3 Å². The summed E-state index contributed by atoms with van der Waals surface area (Å²) < 4.78 is 5.41. The highest BCUT2D eigenvalue weighted by Crippen LogP contribution is 2.29. The number of hydrogen-bond donors (Lipinski definition) is 0. The lowest BCUT2D eigenvalue weighted by Crippen LogP contribution is -2.22. The van der Waals surface area contributed by atoms with Crippen LogP contribution >= 0.6 is 31.9 Å². The number of esters is 1. The van der Waals surface area contributed by atoms with Crippen molar-refractivity contribution >= 4 is 37.8 Å². The molecule has 0 aliphatic heterocycles. The van der Waals surface area contributed by atoms with E-state index in [-0.39, 0.29) is 11.9 Å². The van der Waals surface area contributed by atoms with Crippen LogP contribution in [-0.2, 0) is 4.79 Å². The summed E-state index contributed by atoms with van der Waals surface area (Å²) in [5.41, 5.74) is 0.552. The number of para-hydroxylation sites is 1. The number of alkyl halides is 2. The molecule has 1 aromatic rings. The van der Waals surface area contributed by atoms with Crippen LogP contribution in [0.1, 0.15) is 39.5 Å². The van der Waals surface area contributed by atoms with Crippen LogP contribution in [0.25, 0.3) is 0 Å². The van der Waals surface area contributed by atoms with Crippen molar-refractivity contribution in [3.63, 3.8) is 0 Å². The van der Waals surface area contributed by atoms with E-state index in [1.807, 2.05) is 18.2 Å². The summed E-state index contributed by atoms with van der Waals surface area (Å²) in [5, 5.41) is 0. The maximum Gasteiger partial charge on any atom is 0.339 e. The molecule has 0 aliphatic rings. The van der Waals surface area contributed by atoms with E-state index in [9.17, 15) is 4.79 Å². The number of halogens is 2. The van der Waals surface area contributed by atoms with E-state index in [1.165, 1.54) is 0 Å². The zero-order valence-corrected chi connectivity index (χ0v) is 16.4. The highest BCUT2D eigenvalue weighted by atomic mass is 79.9. The van der Waals surface area contributed by atoms with Crippen LogP contribution < -0.4 is 4.74 Å². The second-order valence-corrected chi connectivity index (χ2v) is 8.42. The minimum Gasteiger partial charge on any atom is -0.423 e. The molecule has 1 rings (SSSR count). The van der Waals surface area contributed by atoms with Crippen molar-refractivity contribution in [1.29, 1.82) is 0 Å². The molecule has 2 nitrogen and oxygen atoms in total. The first-order valence-corrected chi connectivity index (χ1v) is 9.51. The van der Waals surface area contributed by atoms with Crippen molar-refractivity contribution in [3.8, 4) is 5.75 Å². The van der Waals surface area contributed by atoms with Crippen LogP contribution in [0.5, 0.6) is 5.75 Å². The maximum absolute atomic E-state index is 12.3. The second-order valence-electron chi connectivity index (χ2n) is 5.56. The topological polar surface area (TPSA) is 26.3 Å². The van der Waals surface area contributed by atoms with Gasteiger partial charge < -0.3 is 4.74 Å². The summed E-state index contributed by atoms with van der Waals surface area (Å²) in [6.07, 6.45) is 3.97. The Bertz CT molecular complexity index is 471. The van der Waals surface area contributed by atoms with Crippen LogP contribution in [0.15, 0.2) is 42.5 Å². The van der Waals surface area contributed by atoms with Gasteiger partial charge in [-0.05, 0) is 37.3 Å². The van der Waals surface area contributed by atoms with Gasteiger partial charge in [0.2, 0.25) is 0 Å². The SMILES string of the molecule is C=C(C(=O)Oc1ccccc1)C(CC(C)Br)CC(Br)CCC. The lowest BCUT2D eigenvalue weighted by molar-refractivity contribution is -0.130. The van der Waals surface area contributed by atoms with E-state index in [0.29, 0.717) is 21.0 Å². The third kappa shape index (κ3) is 7.10. The predicted octanol–water partition coefficient (Wildman–Crippen LogP) is 5.89. The van der Waals surface area contributed by atoms with Crippen LogP contribution in [-0.4, -0.2) is 15.6 Å². The molecule has 0 aliphatic carbocycles. The van der Waals surface area contributed by atoms with Gasteiger partial charge in [0.1, 0.15) is 5.75 Å². The number of carbonyl (C=O) groups excluding carboxylic acids is 1.